The van der Waals surface area contributed by atoms with Crippen LogP contribution in [0.1, 0.15) is 13.3 Å². The number of carbonyl (C=O) groups excluding carboxylic acids is 1. The lowest BCUT2D eigenvalue weighted by Crippen LogP contribution is -2.31. The van der Waals surface area contributed by atoms with Crippen LogP contribution in [0.5, 0.6) is 5.75 Å². The van der Waals surface area contributed by atoms with Crippen LogP contribution in [-0.4, -0.2) is 30.3 Å². The van der Waals surface area contributed by atoms with Crippen molar-refractivity contribution in [2.75, 3.05) is 13.2 Å². The largest absolute Gasteiger partial charge is 0.493 e. The van der Waals surface area contributed by atoms with Crippen LogP contribution in [-0.2, 0) is 4.79 Å². The zero-order chi connectivity index (χ0) is 12.7. The Labute approximate surface area is 106 Å². The Kier molecular flexibility index (Phi) is 5.80. The molecule has 0 aliphatic rings. The van der Waals surface area contributed by atoms with E-state index in [4.69, 9.17) is 21.4 Å². The molecule has 1 rings (SSSR count). The lowest BCUT2D eigenvalue weighted by molar-refractivity contribution is -0.122. The van der Waals surface area contributed by atoms with Gasteiger partial charge in [0.1, 0.15) is 5.75 Å². The number of hydrogen-bond donors (Lipinski definition) is 2. The molecule has 94 valence electrons. The first kappa shape index (κ1) is 13.8. The van der Waals surface area contributed by atoms with Crippen molar-refractivity contribution < 1.29 is 14.6 Å². The normalized spacial score (nSPS) is 11.9. The minimum Gasteiger partial charge on any atom is -0.493 e. The molecule has 0 fully saturated rings. The predicted molar refractivity (Wildman–Crippen MR) is 66.3 cm³/mol. The summed E-state index contributed by atoms with van der Waals surface area (Å²) < 4.78 is 5.36. The van der Waals surface area contributed by atoms with E-state index in [1.807, 2.05) is 0 Å². The first-order chi connectivity index (χ1) is 8.08. The van der Waals surface area contributed by atoms with Gasteiger partial charge in [-0.25, -0.2) is 0 Å². The average Bonchev–Trinajstić information content (AvgIpc) is 2.26. The smallest absolute Gasteiger partial charge is 0.223 e. The number of aliphatic hydroxyl groups excluding tert-OH is 1. The van der Waals surface area contributed by atoms with Gasteiger partial charge in [-0.05, 0) is 25.1 Å². The third-order valence-corrected chi connectivity index (χ3v) is 2.22. The molecule has 4 nitrogen and oxygen atoms in total. The number of rotatable bonds is 6. The van der Waals surface area contributed by atoms with E-state index in [1.54, 1.807) is 31.2 Å². The molecule has 1 amide bonds. The van der Waals surface area contributed by atoms with Gasteiger partial charge < -0.3 is 15.2 Å². The molecule has 17 heavy (non-hydrogen) atoms. The van der Waals surface area contributed by atoms with E-state index in [0.29, 0.717) is 10.8 Å². The van der Waals surface area contributed by atoms with Crippen LogP contribution in [0.2, 0.25) is 5.02 Å². The minimum absolute atomic E-state index is 0.145. The Morgan fingerprint density at radius 2 is 2.35 bits per heavy atom. The second-order valence-corrected chi connectivity index (χ2v) is 4.15. The topological polar surface area (TPSA) is 58.6 Å². The molecule has 0 heterocycles. The van der Waals surface area contributed by atoms with Crippen molar-refractivity contribution in [3.8, 4) is 5.75 Å². The van der Waals surface area contributed by atoms with Gasteiger partial charge >= 0.3 is 0 Å². The van der Waals surface area contributed by atoms with E-state index in [9.17, 15) is 4.79 Å². The first-order valence-corrected chi connectivity index (χ1v) is 5.79. The maximum absolute atomic E-state index is 11.3. The molecule has 0 aliphatic heterocycles. The van der Waals surface area contributed by atoms with Crippen LogP contribution < -0.4 is 10.1 Å². The third-order valence-electron chi connectivity index (χ3n) is 1.99. The van der Waals surface area contributed by atoms with E-state index in [0.717, 1.165) is 0 Å². The fourth-order valence-corrected chi connectivity index (χ4v) is 1.35. The number of benzene rings is 1. The highest BCUT2D eigenvalue weighted by atomic mass is 35.5. The number of amides is 1. The maximum Gasteiger partial charge on any atom is 0.223 e. The number of hydrogen-bond acceptors (Lipinski definition) is 3. The van der Waals surface area contributed by atoms with E-state index in [2.05, 4.69) is 5.32 Å². The van der Waals surface area contributed by atoms with Gasteiger partial charge in [-0.15, -0.1) is 0 Å². The molecule has 0 aliphatic carbocycles. The van der Waals surface area contributed by atoms with Gasteiger partial charge in [-0.3, -0.25) is 4.79 Å². The molecule has 1 aromatic carbocycles. The summed E-state index contributed by atoms with van der Waals surface area (Å²) in [4.78, 5) is 11.3. The maximum atomic E-state index is 11.3. The number of halogens is 1. The zero-order valence-corrected chi connectivity index (χ0v) is 10.4. The molecule has 0 aromatic heterocycles. The molecule has 5 heteroatoms. The molecule has 1 unspecified atom stereocenters. The van der Waals surface area contributed by atoms with Gasteiger partial charge in [0, 0.05) is 11.6 Å². The fourth-order valence-electron chi connectivity index (χ4n) is 1.17. The summed E-state index contributed by atoms with van der Waals surface area (Å²) in [6.07, 6.45) is -0.285. The summed E-state index contributed by atoms with van der Waals surface area (Å²) in [5.41, 5.74) is 0. The molecule has 1 atom stereocenters. The van der Waals surface area contributed by atoms with Gasteiger partial charge in [-0.2, -0.15) is 0 Å². The summed E-state index contributed by atoms with van der Waals surface area (Å²) in [5, 5.41) is 12.2. The average molecular weight is 258 g/mol. The van der Waals surface area contributed by atoms with Crippen molar-refractivity contribution in [1.82, 2.24) is 5.32 Å². The Hall–Kier alpha value is -1.26. The standard InChI is InChI=1S/C12H16ClNO3/c1-9(15)8-14-12(16)5-6-17-11-4-2-3-10(13)7-11/h2-4,7,9,15H,5-6,8H2,1H3,(H,14,16). The van der Waals surface area contributed by atoms with Crippen LogP contribution in [0, 0.1) is 0 Å². The zero-order valence-electron chi connectivity index (χ0n) is 9.65. The van der Waals surface area contributed by atoms with E-state index in [1.165, 1.54) is 0 Å². The van der Waals surface area contributed by atoms with Crippen LogP contribution in [0.3, 0.4) is 0 Å². The monoisotopic (exact) mass is 257 g/mol. The molecule has 2 N–H and O–H groups in total. The summed E-state index contributed by atoms with van der Waals surface area (Å²) in [7, 11) is 0. The van der Waals surface area contributed by atoms with Crippen LogP contribution in [0.4, 0.5) is 0 Å². The molecule has 0 spiro atoms. The third kappa shape index (κ3) is 6.14. The highest BCUT2D eigenvalue weighted by molar-refractivity contribution is 6.30. The lowest BCUT2D eigenvalue weighted by atomic mass is 10.3. The number of ether oxygens (including phenoxy) is 1. The second kappa shape index (κ2) is 7.14. The summed E-state index contributed by atoms with van der Waals surface area (Å²) in [6.45, 7) is 2.16. The summed E-state index contributed by atoms with van der Waals surface area (Å²) in [5.74, 6) is 0.494. The minimum atomic E-state index is -0.534. The van der Waals surface area contributed by atoms with Crippen LogP contribution in [0.25, 0.3) is 0 Å². The van der Waals surface area contributed by atoms with Crippen molar-refractivity contribution in [3.05, 3.63) is 29.3 Å². The van der Waals surface area contributed by atoms with Crippen LogP contribution >= 0.6 is 11.6 Å². The Bertz CT molecular complexity index is 369. The summed E-state index contributed by atoms with van der Waals surface area (Å²) in [6, 6.07) is 7.00. The number of aliphatic hydroxyl groups is 1. The lowest BCUT2D eigenvalue weighted by Gasteiger charge is -2.08. The number of nitrogens with one attached hydrogen (secondary N) is 1. The van der Waals surface area contributed by atoms with Gasteiger partial charge in [0.05, 0.1) is 19.1 Å². The molecule has 0 bridgehead atoms. The van der Waals surface area contributed by atoms with Crippen molar-refractivity contribution in [2.24, 2.45) is 0 Å². The van der Waals surface area contributed by atoms with Crippen molar-refractivity contribution in [2.45, 2.75) is 19.4 Å². The van der Waals surface area contributed by atoms with Crippen molar-refractivity contribution in [1.29, 1.82) is 0 Å². The van der Waals surface area contributed by atoms with Gasteiger partial charge in [-0.1, -0.05) is 17.7 Å². The summed E-state index contributed by atoms with van der Waals surface area (Å²) >= 11 is 5.78. The second-order valence-electron chi connectivity index (χ2n) is 3.71. The molecular formula is C12H16ClNO3. The van der Waals surface area contributed by atoms with Crippen molar-refractivity contribution >= 4 is 17.5 Å². The first-order valence-electron chi connectivity index (χ1n) is 5.41. The van der Waals surface area contributed by atoms with Gasteiger partial charge in [0.25, 0.3) is 0 Å². The molecular weight excluding hydrogens is 242 g/mol. The Balaban J connectivity index is 2.21. The highest BCUT2D eigenvalue weighted by Crippen LogP contribution is 2.16. The quantitative estimate of drug-likeness (QED) is 0.814. The molecule has 0 saturated heterocycles. The van der Waals surface area contributed by atoms with Gasteiger partial charge in [0.15, 0.2) is 0 Å². The SMILES string of the molecule is CC(O)CNC(=O)CCOc1cccc(Cl)c1. The molecule has 1 aromatic rings. The van der Waals surface area contributed by atoms with Crippen molar-refractivity contribution in [3.63, 3.8) is 0 Å². The van der Waals surface area contributed by atoms with E-state index >= 15 is 0 Å². The number of carbonyl (C=O) groups is 1. The van der Waals surface area contributed by atoms with E-state index < -0.39 is 6.10 Å². The molecule has 0 saturated carbocycles. The Morgan fingerprint density at radius 3 is 3.00 bits per heavy atom. The Morgan fingerprint density at radius 1 is 1.59 bits per heavy atom. The van der Waals surface area contributed by atoms with E-state index in [-0.39, 0.29) is 25.5 Å². The molecule has 0 radical (unpaired) electrons. The fraction of sp³-hybridized carbons (Fsp3) is 0.417. The highest BCUT2D eigenvalue weighted by Gasteiger charge is 2.03. The van der Waals surface area contributed by atoms with Gasteiger partial charge in [0.2, 0.25) is 5.91 Å². The van der Waals surface area contributed by atoms with Crippen LogP contribution in [0.15, 0.2) is 24.3 Å². The predicted octanol–water partition coefficient (Wildman–Crippen LogP) is 1.61.